The molecule has 0 atom stereocenters. The van der Waals surface area contributed by atoms with Crippen molar-refractivity contribution in [3.63, 3.8) is 0 Å². The van der Waals surface area contributed by atoms with Crippen molar-refractivity contribution < 1.29 is 61.7 Å². The van der Waals surface area contributed by atoms with E-state index in [4.69, 9.17) is 52.1 Å². The fraction of sp³-hybridized carbons (Fsp3) is 0.622. The number of esters is 1. The minimum atomic E-state index is -0.455. The number of nitrogens with one attached hydrogen (secondary N) is 1. The Morgan fingerprint density at radius 2 is 0.804 bits per heavy atom. The lowest BCUT2D eigenvalue weighted by atomic mass is 9.98. The number of rotatable bonds is 32. The van der Waals surface area contributed by atoms with Crippen LogP contribution in [-0.2, 0) is 56.9 Å². The average Bonchev–Trinajstić information content (AvgIpc) is 3.46. The molecule has 1 amide bonds. The molecule has 3 rings (SSSR count). The highest BCUT2D eigenvalue weighted by Crippen LogP contribution is 2.44. The van der Waals surface area contributed by atoms with Crippen LogP contribution in [0.15, 0.2) is 48.5 Å². The maximum Gasteiger partial charge on any atom is 0.407 e. The minimum Gasteiger partial charge on any atom is -0.463 e. The summed E-state index contributed by atoms with van der Waals surface area (Å²) in [7, 11) is 0. The summed E-state index contributed by atoms with van der Waals surface area (Å²) < 4.78 is 59.3. The highest BCUT2D eigenvalue weighted by molar-refractivity contribution is 5.79. The van der Waals surface area contributed by atoms with Crippen LogP contribution < -0.4 is 5.32 Å². The number of carbonyl (C=O) groups is 2. The Morgan fingerprint density at radius 1 is 0.471 bits per heavy atom. The first kappa shape index (κ1) is 42.2. The van der Waals surface area contributed by atoms with Crippen molar-refractivity contribution in [2.75, 3.05) is 139 Å². The van der Waals surface area contributed by atoms with E-state index < -0.39 is 6.09 Å². The smallest absolute Gasteiger partial charge is 0.407 e. The first-order valence-corrected chi connectivity index (χ1v) is 17.6. The largest absolute Gasteiger partial charge is 0.463 e. The second kappa shape index (κ2) is 28.4. The van der Waals surface area contributed by atoms with Crippen LogP contribution in [-0.4, -0.2) is 151 Å². The monoisotopic (exact) mass is 721 g/mol. The van der Waals surface area contributed by atoms with E-state index >= 15 is 0 Å². The Balaban J connectivity index is 0.967. The molecule has 286 valence electrons. The SMILES string of the molecule is CC(=O)OCCOCCOCCOCCOCCOCCOCCOCCOCCOCCNC(=O)OCC1c2ccccc2-c2ccccc21. The summed E-state index contributed by atoms with van der Waals surface area (Å²) in [6.45, 7) is 10.4. The van der Waals surface area contributed by atoms with Crippen LogP contribution in [0, 0.1) is 0 Å². The van der Waals surface area contributed by atoms with Crippen LogP contribution in [0.1, 0.15) is 24.0 Å². The van der Waals surface area contributed by atoms with Crippen LogP contribution in [0.3, 0.4) is 0 Å². The van der Waals surface area contributed by atoms with Crippen LogP contribution in [0.25, 0.3) is 11.1 Å². The number of alkyl carbamates (subject to hydrolysis) is 1. The number of amides is 1. The molecule has 0 saturated carbocycles. The number of hydrogen-bond donors (Lipinski definition) is 1. The van der Waals surface area contributed by atoms with Gasteiger partial charge in [0.2, 0.25) is 0 Å². The van der Waals surface area contributed by atoms with Crippen LogP contribution in [0.4, 0.5) is 4.79 Å². The average molecular weight is 722 g/mol. The molecule has 2 aromatic carbocycles. The standard InChI is InChI=1S/C37H55NO13/c1-31(39)50-29-28-49-27-26-48-25-24-47-23-22-46-21-20-45-19-18-44-17-16-43-15-14-42-13-12-41-11-10-38-37(40)51-30-36-34-8-4-2-6-32(34)33-7-3-5-9-35(33)36/h2-9,36H,10-30H2,1H3,(H,38,40). The topological polar surface area (TPSA) is 148 Å². The van der Waals surface area contributed by atoms with Gasteiger partial charge in [0, 0.05) is 19.4 Å². The number of carbonyl (C=O) groups excluding carboxylic acids is 2. The summed E-state index contributed by atoms with van der Waals surface area (Å²) in [5, 5.41) is 2.74. The lowest BCUT2D eigenvalue weighted by Crippen LogP contribution is -2.29. The lowest BCUT2D eigenvalue weighted by molar-refractivity contribution is -0.142. The predicted molar refractivity (Wildman–Crippen MR) is 187 cm³/mol. The van der Waals surface area contributed by atoms with Crippen molar-refractivity contribution in [2.45, 2.75) is 12.8 Å². The molecule has 0 bridgehead atoms. The lowest BCUT2D eigenvalue weighted by Gasteiger charge is -2.14. The van der Waals surface area contributed by atoms with Crippen molar-refractivity contribution in [3.8, 4) is 11.1 Å². The second-order valence-electron chi connectivity index (χ2n) is 11.1. The number of ether oxygens (including phenoxy) is 11. The Labute approximate surface area is 301 Å². The zero-order valence-electron chi connectivity index (χ0n) is 29.9. The molecule has 0 unspecified atom stereocenters. The molecule has 14 nitrogen and oxygen atoms in total. The third-order valence-corrected chi connectivity index (χ3v) is 7.37. The number of benzene rings is 2. The van der Waals surface area contributed by atoms with E-state index in [0.717, 1.165) is 0 Å². The number of hydrogen-bond acceptors (Lipinski definition) is 13. The molecular formula is C37H55NO13. The van der Waals surface area contributed by atoms with Gasteiger partial charge in [-0.3, -0.25) is 4.79 Å². The molecule has 0 aliphatic heterocycles. The molecule has 0 radical (unpaired) electrons. The fourth-order valence-electron chi connectivity index (χ4n) is 4.98. The molecule has 0 heterocycles. The maximum absolute atomic E-state index is 12.2. The van der Waals surface area contributed by atoms with Gasteiger partial charge in [-0.25, -0.2) is 4.79 Å². The zero-order chi connectivity index (χ0) is 36.0. The summed E-state index contributed by atoms with van der Waals surface area (Å²) >= 11 is 0. The van der Waals surface area contributed by atoms with Gasteiger partial charge in [0.15, 0.2) is 0 Å². The van der Waals surface area contributed by atoms with Crippen LogP contribution in [0.5, 0.6) is 0 Å². The van der Waals surface area contributed by atoms with Gasteiger partial charge in [0.05, 0.1) is 119 Å². The molecule has 2 aromatic rings. The normalized spacial score (nSPS) is 12.1. The van der Waals surface area contributed by atoms with Gasteiger partial charge in [-0.2, -0.15) is 0 Å². The molecule has 0 spiro atoms. The minimum absolute atomic E-state index is 0.0349. The summed E-state index contributed by atoms with van der Waals surface area (Å²) in [6.07, 6.45) is -0.455. The van der Waals surface area contributed by atoms with Crippen molar-refractivity contribution in [1.29, 1.82) is 0 Å². The fourth-order valence-corrected chi connectivity index (χ4v) is 4.98. The molecule has 0 aromatic heterocycles. The molecule has 1 aliphatic rings. The van der Waals surface area contributed by atoms with Gasteiger partial charge < -0.3 is 57.4 Å². The third-order valence-electron chi connectivity index (χ3n) is 7.37. The van der Waals surface area contributed by atoms with Crippen molar-refractivity contribution in [1.82, 2.24) is 5.32 Å². The highest BCUT2D eigenvalue weighted by atomic mass is 16.6. The number of fused-ring (bicyclic) bond motifs is 3. The summed E-state index contributed by atoms with van der Waals surface area (Å²) in [6, 6.07) is 16.5. The molecule has 14 heteroatoms. The first-order valence-electron chi connectivity index (χ1n) is 17.6. The molecule has 0 fully saturated rings. The molecule has 51 heavy (non-hydrogen) atoms. The molecule has 0 saturated heterocycles. The molecule has 1 N–H and O–H groups in total. The van der Waals surface area contributed by atoms with Gasteiger partial charge in [0.1, 0.15) is 13.2 Å². The second-order valence-corrected chi connectivity index (χ2v) is 11.1. The van der Waals surface area contributed by atoms with E-state index in [2.05, 4.69) is 29.6 Å². The van der Waals surface area contributed by atoms with E-state index in [-0.39, 0.29) is 25.1 Å². The first-order chi connectivity index (χ1) is 25.2. The Morgan fingerprint density at radius 3 is 1.18 bits per heavy atom. The van der Waals surface area contributed by atoms with Gasteiger partial charge in [0.25, 0.3) is 0 Å². The quantitative estimate of drug-likeness (QED) is 0.0872. The van der Waals surface area contributed by atoms with E-state index in [1.807, 2.05) is 24.3 Å². The summed E-state index contributed by atoms with van der Waals surface area (Å²) in [5.41, 5.74) is 4.76. The highest BCUT2D eigenvalue weighted by Gasteiger charge is 2.28. The van der Waals surface area contributed by atoms with E-state index in [1.165, 1.54) is 29.2 Å². The summed E-state index contributed by atoms with van der Waals surface area (Å²) in [5.74, 6) is -0.280. The maximum atomic E-state index is 12.2. The van der Waals surface area contributed by atoms with Gasteiger partial charge in [-0.1, -0.05) is 48.5 Å². The van der Waals surface area contributed by atoms with Crippen molar-refractivity contribution in [3.05, 3.63) is 59.7 Å². The molecular weight excluding hydrogens is 666 g/mol. The van der Waals surface area contributed by atoms with E-state index in [0.29, 0.717) is 125 Å². The Kier molecular flexibility index (Phi) is 23.5. The zero-order valence-corrected chi connectivity index (χ0v) is 29.9. The van der Waals surface area contributed by atoms with Gasteiger partial charge in [-0.15, -0.1) is 0 Å². The van der Waals surface area contributed by atoms with Gasteiger partial charge in [-0.05, 0) is 22.3 Å². The predicted octanol–water partition coefficient (Wildman–Crippen LogP) is 3.24. The van der Waals surface area contributed by atoms with Crippen LogP contribution in [0.2, 0.25) is 0 Å². The van der Waals surface area contributed by atoms with E-state index in [9.17, 15) is 9.59 Å². The van der Waals surface area contributed by atoms with Crippen molar-refractivity contribution in [2.24, 2.45) is 0 Å². The summed E-state index contributed by atoms with van der Waals surface area (Å²) in [4.78, 5) is 22.8. The van der Waals surface area contributed by atoms with Crippen molar-refractivity contribution >= 4 is 12.1 Å². The van der Waals surface area contributed by atoms with Crippen LogP contribution >= 0.6 is 0 Å². The van der Waals surface area contributed by atoms with Gasteiger partial charge >= 0.3 is 12.1 Å². The Hall–Kier alpha value is -3.18. The Bertz CT molecular complexity index is 1160. The molecule has 1 aliphatic carbocycles. The van der Waals surface area contributed by atoms with E-state index in [1.54, 1.807) is 0 Å². The third kappa shape index (κ3) is 19.3.